The third-order valence-corrected chi connectivity index (χ3v) is 2.05. The molecule has 0 saturated heterocycles. The van der Waals surface area contributed by atoms with Gasteiger partial charge in [0.1, 0.15) is 0 Å². The number of unbranched alkanes of at least 4 members (excludes halogenated alkanes) is 6. The fraction of sp³-hybridized carbons (Fsp3) is 0.692. The smallest absolute Gasteiger partial charge is 0.303 e. The van der Waals surface area contributed by atoms with Crippen LogP contribution in [0, 0.1) is 0 Å². The largest absolute Gasteiger partial charge is 0.481 e. The highest BCUT2D eigenvalue weighted by molar-refractivity contribution is 5.66. The van der Waals surface area contributed by atoms with Gasteiger partial charge >= 0.3 is 5.97 Å². The van der Waals surface area contributed by atoms with Crippen LogP contribution in [0.3, 0.4) is 0 Å². The minimum absolute atomic E-state index is 0.326. The van der Waals surface area contributed by atoms with Crippen molar-refractivity contribution in [1.82, 2.24) is 0 Å². The molecule has 0 aromatic heterocycles. The number of carboxylic acid groups (broad SMARTS) is 2. The summed E-state index contributed by atoms with van der Waals surface area (Å²) in [4.78, 5) is 19.2. The predicted octanol–water partition coefficient (Wildman–Crippen LogP) is 3.47. The van der Waals surface area contributed by atoms with Crippen molar-refractivity contribution in [2.45, 2.75) is 58.3 Å². The number of allylic oxidation sites excluding steroid dienone is 1. The van der Waals surface area contributed by atoms with Crippen molar-refractivity contribution in [1.29, 1.82) is 0 Å². The Morgan fingerprint density at radius 3 is 1.82 bits per heavy atom. The molecule has 0 atom stereocenters. The Labute approximate surface area is 103 Å². The molecule has 0 aromatic rings. The second-order valence-corrected chi connectivity index (χ2v) is 3.86. The van der Waals surface area contributed by atoms with Gasteiger partial charge in [0, 0.05) is 13.3 Å². The summed E-state index contributed by atoms with van der Waals surface area (Å²) >= 11 is 0. The molecule has 0 rings (SSSR count). The summed E-state index contributed by atoms with van der Waals surface area (Å²) in [6.45, 7) is 4.75. The normalized spacial score (nSPS) is 9.00. The molecule has 0 amide bonds. The monoisotopic (exact) mass is 244 g/mol. The average Bonchev–Trinajstić information content (AvgIpc) is 2.21. The van der Waals surface area contributed by atoms with E-state index in [4.69, 9.17) is 15.0 Å². The Kier molecular flexibility index (Phi) is 15.6. The van der Waals surface area contributed by atoms with Crippen molar-refractivity contribution in [2.24, 2.45) is 0 Å². The van der Waals surface area contributed by atoms with Gasteiger partial charge in [-0.15, -0.1) is 6.58 Å². The van der Waals surface area contributed by atoms with E-state index >= 15 is 0 Å². The molecule has 0 saturated carbocycles. The van der Waals surface area contributed by atoms with E-state index in [2.05, 4.69) is 6.58 Å². The molecule has 2 N–H and O–H groups in total. The second-order valence-electron chi connectivity index (χ2n) is 3.86. The van der Waals surface area contributed by atoms with E-state index < -0.39 is 11.9 Å². The molecule has 0 bridgehead atoms. The molecule has 4 heteroatoms. The molecular weight excluding hydrogens is 220 g/mol. The Morgan fingerprint density at radius 2 is 1.41 bits per heavy atom. The fourth-order valence-electron chi connectivity index (χ4n) is 1.27. The highest BCUT2D eigenvalue weighted by Gasteiger charge is 1.95. The molecule has 0 unspecified atom stereocenters. The van der Waals surface area contributed by atoms with Crippen LogP contribution < -0.4 is 0 Å². The lowest BCUT2D eigenvalue weighted by atomic mass is 10.1. The van der Waals surface area contributed by atoms with Crippen molar-refractivity contribution in [3.8, 4) is 0 Å². The van der Waals surface area contributed by atoms with E-state index in [1.807, 2.05) is 6.08 Å². The number of carboxylic acids is 2. The lowest BCUT2D eigenvalue weighted by molar-refractivity contribution is -0.137. The van der Waals surface area contributed by atoms with Gasteiger partial charge in [0.25, 0.3) is 5.97 Å². The molecule has 0 radical (unpaired) electrons. The van der Waals surface area contributed by atoms with Crippen molar-refractivity contribution in [2.75, 3.05) is 0 Å². The SMILES string of the molecule is C=CCCCCCCCCC(=O)O.CC(=O)O. The second kappa shape index (κ2) is 14.7. The standard InChI is InChI=1S/C11H20O2.C2H4O2/c1-2-3-4-5-6-7-8-9-10-11(12)13;1-2(3)4/h2H,1,3-10H2,(H,12,13);1H3,(H,3,4). The van der Waals surface area contributed by atoms with Crippen LogP contribution in [-0.2, 0) is 9.59 Å². The summed E-state index contributed by atoms with van der Waals surface area (Å²) in [5, 5.41) is 15.8. The van der Waals surface area contributed by atoms with Gasteiger partial charge in [-0.3, -0.25) is 9.59 Å². The van der Waals surface area contributed by atoms with Crippen LogP contribution in [0.25, 0.3) is 0 Å². The summed E-state index contributed by atoms with van der Waals surface area (Å²) < 4.78 is 0. The summed E-state index contributed by atoms with van der Waals surface area (Å²) in [6.07, 6.45) is 10.1. The first kappa shape index (κ1) is 18.1. The van der Waals surface area contributed by atoms with Crippen LogP contribution in [0.5, 0.6) is 0 Å². The first-order valence-electron chi connectivity index (χ1n) is 6.03. The van der Waals surface area contributed by atoms with Gasteiger partial charge in [-0.2, -0.15) is 0 Å². The number of hydrogen-bond acceptors (Lipinski definition) is 2. The van der Waals surface area contributed by atoms with Crippen molar-refractivity contribution >= 4 is 11.9 Å². The summed E-state index contributed by atoms with van der Waals surface area (Å²) in [6, 6.07) is 0. The van der Waals surface area contributed by atoms with E-state index in [9.17, 15) is 4.79 Å². The summed E-state index contributed by atoms with van der Waals surface area (Å²) in [5.41, 5.74) is 0. The zero-order chi connectivity index (χ0) is 13.5. The summed E-state index contributed by atoms with van der Waals surface area (Å²) in [5.74, 6) is -1.51. The molecule has 0 fully saturated rings. The fourth-order valence-corrected chi connectivity index (χ4v) is 1.27. The Morgan fingerprint density at radius 1 is 1.00 bits per heavy atom. The maximum absolute atomic E-state index is 10.2. The highest BCUT2D eigenvalue weighted by Crippen LogP contribution is 2.08. The number of carbonyl (C=O) groups is 2. The average molecular weight is 244 g/mol. The van der Waals surface area contributed by atoms with Crippen molar-refractivity contribution in [3.63, 3.8) is 0 Å². The van der Waals surface area contributed by atoms with Crippen LogP contribution in [0.2, 0.25) is 0 Å². The Balaban J connectivity index is 0. The minimum atomic E-state index is -0.833. The van der Waals surface area contributed by atoms with Gasteiger partial charge in [-0.25, -0.2) is 0 Å². The van der Waals surface area contributed by atoms with E-state index in [0.29, 0.717) is 6.42 Å². The van der Waals surface area contributed by atoms with Gasteiger partial charge < -0.3 is 10.2 Å². The number of aliphatic carboxylic acids is 2. The molecule has 100 valence electrons. The number of rotatable bonds is 9. The lowest BCUT2D eigenvalue weighted by Crippen LogP contribution is -1.93. The van der Waals surface area contributed by atoms with E-state index in [-0.39, 0.29) is 0 Å². The zero-order valence-corrected chi connectivity index (χ0v) is 10.7. The first-order valence-corrected chi connectivity index (χ1v) is 6.03. The third kappa shape index (κ3) is 31.3. The summed E-state index contributed by atoms with van der Waals surface area (Å²) in [7, 11) is 0. The van der Waals surface area contributed by atoms with Gasteiger partial charge in [-0.05, 0) is 19.3 Å². The van der Waals surface area contributed by atoms with Crippen LogP contribution >= 0.6 is 0 Å². The Bertz CT molecular complexity index is 207. The van der Waals surface area contributed by atoms with E-state index in [0.717, 1.165) is 26.2 Å². The first-order chi connectivity index (χ1) is 8.00. The van der Waals surface area contributed by atoms with Gasteiger partial charge in [0.05, 0.1) is 0 Å². The van der Waals surface area contributed by atoms with Crippen LogP contribution in [0.4, 0.5) is 0 Å². The predicted molar refractivity (Wildman–Crippen MR) is 68.1 cm³/mol. The molecule has 0 aromatic carbocycles. The molecular formula is C13H24O4. The molecule has 0 heterocycles. The molecule has 0 aliphatic heterocycles. The quantitative estimate of drug-likeness (QED) is 0.481. The van der Waals surface area contributed by atoms with Crippen molar-refractivity contribution in [3.05, 3.63) is 12.7 Å². The van der Waals surface area contributed by atoms with Gasteiger partial charge in [-0.1, -0.05) is 31.8 Å². The zero-order valence-electron chi connectivity index (χ0n) is 10.7. The van der Waals surface area contributed by atoms with Crippen LogP contribution in [0.15, 0.2) is 12.7 Å². The minimum Gasteiger partial charge on any atom is -0.481 e. The maximum atomic E-state index is 10.2. The highest BCUT2D eigenvalue weighted by atomic mass is 16.4. The molecule has 0 aliphatic carbocycles. The molecule has 17 heavy (non-hydrogen) atoms. The lowest BCUT2D eigenvalue weighted by Gasteiger charge is -1.98. The number of hydrogen-bond donors (Lipinski definition) is 2. The van der Waals surface area contributed by atoms with Crippen molar-refractivity contribution < 1.29 is 19.8 Å². The molecule has 0 spiro atoms. The van der Waals surface area contributed by atoms with Gasteiger partial charge in [0.2, 0.25) is 0 Å². The third-order valence-electron chi connectivity index (χ3n) is 2.05. The van der Waals surface area contributed by atoms with E-state index in [1.165, 1.54) is 25.7 Å². The maximum Gasteiger partial charge on any atom is 0.303 e. The van der Waals surface area contributed by atoms with Crippen LogP contribution in [-0.4, -0.2) is 22.2 Å². The Hall–Kier alpha value is -1.32. The van der Waals surface area contributed by atoms with Gasteiger partial charge in [0.15, 0.2) is 0 Å². The molecule has 0 aliphatic rings. The topological polar surface area (TPSA) is 74.6 Å². The molecule has 4 nitrogen and oxygen atoms in total. The van der Waals surface area contributed by atoms with Crippen LogP contribution in [0.1, 0.15) is 58.3 Å². The van der Waals surface area contributed by atoms with E-state index in [1.54, 1.807) is 0 Å².